The molecule has 2 aliphatic heterocycles. The van der Waals surface area contributed by atoms with E-state index in [1.807, 2.05) is 23.6 Å². The van der Waals surface area contributed by atoms with Gasteiger partial charge in [-0.2, -0.15) is 0 Å². The maximum Gasteiger partial charge on any atom is 0.407 e. The van der Waals surface area contributed by atoms with Gasteiger partial charge in [-0.1, -0.05) is 54.6 Å². The summed E-state index contributed by atoms with van der Waals surface area (Å²) in [6.45, 7) is 2.50. The van der Waals surface area contributed by atoms with Crippen LogP contribution in [0, 0.1) is 0 Å². The van der Waals surface area contributed by atoms with Gasteiger partial charge in [0.2, 0.25) is 5.91 Å². The summed E-state index contributed by atoms with van der Waals surface area (Å²) in [7, 11) is 2.49. The average Bonchev–Trinajstić information content (AvgIpc) is 4.13. The first-order chi connectivity index (χ1) is 29.1. The summed E-state index contributed by atoms with van der Waals surface area (Å²) < 4.78 is 9.47. The standard InChI is InChI=1S/C44H46N8O7S/c1-25(53)37(49-43(56)58-2)41(54)51-18-4-7-34(51)40-46-24-33(48-40)31-17-16-29-21-28(14-15-30(29)22-31)26-10-12-27(13-11-26)32-23-45-39(47-32)35-8-5-19-52(35)42(55)38(50-44(57)59-3)36-9-6-20-60-36/h6,9-17,20-25,34-35,37-38,53H,4-5,7-8,18-19H2,1-3H3,(H,45,47)(H,46,48)(H,49,56)(H,50,57)/t25-,34+,35+,37?,38-/m1/s1. The molecule has 2 saturated heterocycles. The van der Waals surface area contributed by atoms with Gasteiger partial charge in [-0.3, -0.25) is 9.59 Å². The number of ether oxygens (including phenoxy) is 2. The maximum absolute atomic E-state index is 13.8. The van der Waals surface area contributed by atoms with Gasteiger partial charge < -0.3 is 45.0 Å². The normalized spacial score (nSPS) is 17.9. The highest BCUT2D eigenvalue weighted by Crippen LogP contribution is 2.36. The Bertz CT molecular complexity index is 2500. The lowest BCUT2D eigenvalue weighted by molar-refractivity contribution is -0.137. The lowest BCUT2D eigenvalue weighted by Crippen LogP contribution is -2.53. The van der Waals surface area contributed by atoms with Crippen LogP contribution in [0.1, 0.15) is 67.3 Å². The van der Waals surface area contributed by atoms with Crippen LogP contribution < -0.4 is 10.6 Å². The molecule has 15 nitrogen and oxygen atoms in total. The van der Waals surface area contributed by atoms with Crippen molar-refractivity contribution in [2.45, 2.75) is 62.9 Å². The maximum atomic E-state index is 13.8. The first kappa shape index (κ1) is 40.3. The Kier molecular flexibility index (Phi) is 11.7. The largest absolute Gasteiger partial charge is 0.453 e. The second kappa shape index (κ2) is 17.4. The predicted molar refractivity (Wildman–Crippen MR) is 226 cm³/mol. The average molecular weight is 831 g/mol. The number of aromatic amines is 2. The highest BCUT2D eigenvalue weighted by Gasteiger charge is 2.39. The third-order valence-corrected chi connectivity index (χ3v) is 12.2. The zero-order chi connectivity index (χ0) is 41.9. The molecule has 8 rings (SSSR count). The molecule has 1 unspecified atom stereocenters. The number of aliphatic hydroxyl groups is 1. The molecule has 0 bridgehead atoms. The second-order valence-electron chi connectivity index (χ2n) is 15.0. The Hall–Kier alpha value is -6.52. The Morgan fingerprint density at radius 2 is 1.27 bits per heavy atom. The SMILES string of the molecule is COC(=O)NC(C(=O)N1CCC[C@H]1c1ncc(-c2ccc3cc(-c4ccc(-c5cnc([C@@H]6CCCN6C(=O)[C@H](NC(=O)OC)c6cccs6)[nH]5)cc4)ccc3c2)[nH]1)[C@@H](C)O. The molecule has 0 aliphatic carbocycles. The number of aromatic nitrogens is 4. The van der Waals surface area contributed by atoms with Crippen molar-refractivity contribution >= 4 is 46.1 Å². The van der Waals surface area contributed by atoms with Crippen LogP contribution in [0.4, 0.5) is 9.59 Å². The topological polar surface area (TPSA) is 195 Å². The lowest BCUT2D eigenvalue weighted by Gasteiger charge is -2.29. The number of imidazole rings is 2. The van der Waals surface area contributed by atoms with E-state index in [2.05, 4.69) is 84.9 Å². The van der Waals surface area contributed by atoms with Crippen LogP contribution in [0.25, 0.3) is 44.4 Å². The van der Waals surface area contributed by atoms with E-state index in [1.165, 1.54) is 32.5 Å². The van der Waals surface area contributed by atoms with Gasteiger partial charge in [0, 0.05) is 23.5 Å². The number of hydrogen-bond acceptors (Lipinski definition) is 10. The summed E-state index contributed by atoms with van der Waals surface area (Å²) in [6, 6.07) is 22.0. The molecular formula is C44H46N8O7S. The number of amides is 4. The molecule has 5 heterocycles. The fraction of sp³-hybridized carbons (Fsp3) is 0.318. The summed E-state index contributed by atoms with van der Waals surface area (Å²) in [6.07, 6.45) is 4.06. The number of benzene rings is 3. The number of alkyl carbamates (subject to hydrolysis) is 2. The van der Waals surface area contributed by atoms with E-state index in [0.717, 1.165) is 68.6 Å². The molecule has 16 heteroatoms. The van der Waals surface area contributed by atoms with Gasteiger partial charge in [0.15, 0.2) is 0 Å². The molecule has 4 amide bonds. The van der Waals surface area contributed by atoms with E-state index in [4.69, 9.17) is 9.72 Å². The van der Waals surface area contributed by atoms with E-state index < -0.39 is 30.4 Å². The lowest BCUT2D eigenvalue weighted by atomic mass is 9.98. The van der Waals surface area contributed by atoms with E-state index >= 15 is 0 Å². The van der Waals surface area contributed by atoms with Crippen LogP contribution in [0.3, 0.4) is 0 Å². The molecular weight excluding hydrogens is 785 g/mol. The minimum atomic E-state index is -1.13. The highest BCUT2D eigenvalue weighted by molar-refractivity contribution is 7.10. The van der Waals surface area contributed by atoms with E-state index in [1.54, 1.807) is 22.2 Å². The second-order valence-corrected chi connectivity index (χ2v) is 16.0. The first-order valence-electron chi connectivity index (χ1n) is 19.9. The summed E-state index contributed by atoms with van der Waals surface area (Å²) in [5.41, 5.74) is 5.71. The van der Waals surface area contributed by atoms with Gasteiger partial charge in [-0.05, 0) is 83.6 Å². The minimum absolute atomic E-state index is 0.198. The van der Waals surface area contributed by atoms with Crippen LogP contribution >= 0.6 is 11.3 Å². The molecule has 0 spiro atoms. The molecule has 3 aromatic carbocycles. The summed E-state index contributed by atoms with van der Waals surface area (Å²) in [4.78, 5) is 71.7. The number of nitrogens with one attached hydrogen (secondary N) is 4. The van der Waals surface area contributed by atoms with Crippen LogP contribution in [0.15, 0.2) is 90.6 Å². The highest BCUT2D eigenvalue weighted by atomic mass is 32.1. The monoisotopic (exact) mass is 830 g/mol. The number of aliphatic hydroxyl groups excluding tert-OH is 1. The fourth-order valence-corrected chi connectivity index (χ4v) is 8.94. The smallest absolute Gasteiger partial charge is 0.407 e. The Morgan fingerprint density at radius 3 is 1.85 bits per heavy atom. The zero-order valence-corrected chi connectivity index (χ0v) is 34.2. The first-order valence-corrected chi connectivity index (χ1v) is 20.8. The number of carbonyl (C=O) groups excluding carboxylic acids is 4. The number of H-pyrrole nitrogens is 2. The number of methoxy groups -OCH3 is 2. The Balaban J connectivity index is 0.941. The summed E-state index contributed by atoms with van der Waals surface area (Å²) in [5, 5.41) is 19.4. The molecule has 5 atom stereocenters. The van der Waals surface area contributed by atoms with Crippen LogP contribution in [-0.2, 0) is 19.1 Å². The van der Waals surface area contributed by atoms with Crippen molar-refractivity contribution in [2.75, 3.05) is 27.3 Å². The van der Waals surface area contributed by atoms with E-state index in [-0.39, 0.29) is 23.9 Å². The molecule has 2 fully saturated rings. The number of nitrogens with zero attached hydrogens (tertiary/aromatic N) is 4. The summed E-state index contributed by atoms with van der Waals surface area (Å²) >= 11 is 1.41. The minimum Gasteiger partial charge on any atom is -0.453 e. The van der Waals surface area contributed by atoms with Crippen molar-refractivity contribution in [3.8, 4) is 33.6 Å². The molecule has 0 saturated carbocycles. The van der Waals surface area contributed by atoms with Crippen molar-refractivity contribution in [1.82, 2.24) is 40.4 Å². The number of carbonyl (C=O) groups is 4. The van der Waals surface area contributed by atoms with Crippen molar-refractivity contribution in [3.05, 3.63) is 107 Å². The number of thiophene rings is 1. The molecule has 0 radical (unpaired) electrons. The molecule has 3 aromatic heterocycles. The number of rotatable bonds is 11. The van der Waals surface area contributed by atoms with Gasteiger partial charge in [0.25, 0.3) is 5.91 Å². The zero-order valence-electron chi connectivity index (χ0n) is 33.4. The summed E-state index contributed by atoms with van der Waals surface area (Å²) in [5.74, 6) is 0.762. The molecule has 60 heavy (non-hydrogen) atoms. The molecule has 2 aliphatic rings. The molecule has 6 aromatic rings. The fourth-order valence-electron chi connectivity index (χ4n) is 8.18. The molecule has 310 valence electrons. The van der Waals surface area contributed by atoms with Crippen molar-refractivity contribution in [1.29, 1.82) is 0 Å². The van der Waals surface area contributed by atoms with Crippen LogP contribution in [0.2, 0.25) is 0 Å². The van der Waals surface area contributed by atoms with Gasteiger partial charge in [-0.15, -0.1) is 11.3 Å². The van der Waals surface area contributed by atoms with Gasteiger partial charge >= 0.3 is 12.2 Å². The van der Waals surface area contributed by atoms with Crippen molar-refractivity contribution in [2.24, 2.45) is 0 Å². The van der Waals surface area contributed by atoms with Gasteiger partial charge in [0.1, 0.15) is 23.7 Å². The van der Waals surface area contributed by atoms with Crippen LogP contribution in [0.5, 0.6) is 0 Å². The Labute approximate surface area is 350 Å². The third kappa shape index (κ3) is 8.20. The number of hydrogen-bond donors (Lipinski definition) is 5. The Morgan fingerprint density at radius 1 is 0.733 bits per heavy atom. The number of likely N-dealkylation sites (tertiary alicyclic amines) is 2. The van der Waals surface area contributed by atoms with Crippen LogP contribution in [-0.4, -0.2) is 98.3 Å². The van der Waals surface area contributed by atoms with Gasteiger partial charge in [-0.25, -0.2) is 19.6 Å². The van der Waals surface area contributed by atoms with E-state index in [0.29, 0.717) is 31.2 Å². The van der Waals surface area contributed by atoms with Crippen molar-refractivity contribution < 1.29 is 33.8 Å². The quantitative estimate of drug-likeness (QED) is 0.0926. The predicted octanol–water partition coefficient (Wildman–Crippen LogP) is 6.88. The van der Waals surface area contributed by atoms with Gasteiger partial charge in [0.05, 0.1) is 56.2 Å². The third-order valence-electron chi connectivity index (χ3n) is 11.3. The number of fused-ring (bicyclic) bond motifs is 1. The molecule has 5 N–H and O–H groups in total. The van der Waals surface area contributed by atoms with Crippen molar-refractivity contribution in [3.63, 3.8) is 0 Å². The van der Waals surface area contributed by atoms with E-state index in [9.17, 15) is 24.3 Å².